The summed E-state index contributed by atoms with van der Waals surface area (Å²) >= 11 is 0. The van der Waals surface area contributed by atoms with E-state index in [0.717, 1.165) is 6.07 Å². The summed E-state index contributed by atoms with van der Waals surface area (Å²) in [5, 5.41) is 0. The van der Waals surface area contributed by atoms with Crippen LogP contribution in [0.15, 0.2) is 53.4 Å². The monoisotopic (exact) mass is 412 g/mol. The number of alkyl halides is 2. The Morgan fingerprint density at radius 3 is 2.29 bits per heavy atom. The van der Waals surface area contributed by atoms with Crippen LogP contribution in [-0.4, -0.2) is 38.9 Å². The number of nitrogens with zero attached hydrogens (tertiary/aromatic N) is 1. The summed E-state index contributed by atoms with van der Waals surface area (Å²) in [7, 11) is -2.37. The predicted molar refractivity (Wildman–Crippen MR) is 101 cm³/mol. The molecular formula is C19H22F2N2O4S. The first-order valence-electron chi connectivity index (χ1n) is 8.51. The van der Waals surface area contributed by atoms with Crippen molar-refractivity contribution in [3.05, 3.63) is 59.7 Å². The van der Waals surface area contributed by atoms with E-state index in [2.05, 4.69) is 9.46 Å². The molecule has 0 heterocycles. The highest BCUT2D eigenvalue weighted by molar-refractivity contribution is 7.89. The number of carbonyl (C=O) groups excluding carboxylic acids is 1. The van der Waals surface area contributed by atoms with Crippen LogP contribution in [0.25, 0.3) is 0 Å². The van der Waals surface area contributed by atoms with E-state index in [0.29, 0.717) is 11.1 Å². The lowest BCUT2D eigenvalue weighted by molar-refractivity contribution is -0.0517. The molecule has 2 aromatic rings. The Kier molecular flexibility index (Phi) is 7.09. The fourth-order valence-electron chi connectivity index (χ4n) is 2.32. The third kappa shape index (κ3) is 5.49. The zero-order valence-corrected chi connectivity index (χ0v) is 16.5. The van der Waals surface area contributed by atoms with E-state index in [1.54, 1.807) is 36.2 Å². The van der Waals surface area contributed by atoms with E-state index < -0.39 is 22.4 Å². The normalized spacial score (nSPS) is 11.7. The second-order valence-corrected chi connectivity index (χ2v) is 8.09. The van der Waals surface area contributed by atoms with Crippen LogP contribution in [0.3, 0.4) is 0 Å². The largest absolute Gasteiger partial charge is 0.433 e. The van der Waals surface area contributed by atoms with Crippen molar-refractivity contribution in [3.63, 3.8) is 0 Å². The highest BCUT2D eigenvalue weighted by atomic mass is 32.2. The molecule has 2 rings (SSSR count). The van der Waals surface area contributed by atoms with Gasteiger partial charge >= 0.3 is 6.61 Å². The smallest absolute Gasteiger partial charge is 0.387 e. The summed E-state index contributed by atoms with van der Waals surface area (Å²) in [6.07, 6.45) is 0. The van der Waals surface area contributed by atoms with E-state index in [9.17, 15) is 22.0 Å². The molecule has 9 heteroatoms. The topological polar surface area (TPSA) is 75.7 Å². The van der Waals surface area contributed by atoms with Crippen molar-refractivity contribution in [2.75, 3.05) is 7.05 Å². The van der Waals surface area contributed by atoms with E-state index in [1.807, 2.05) is 13.8 Å². The number of amides is 1. The van der Waals surface area contributed by atoms with Gasteiger partial charge in [0.1, 0.15) is 10.6 Å². The number of sulfonamides is 1. The molecule has 152 valence electrons. The van der Waals surface area contributed by atoms with Gasteiger partial charge in [-0.15, -0.1) is 0 Å². The molecule has 0 bridgehead atoms. The fourth-order valence-corrected chi connectivity index (χ4v) is 3.48. The molecule has 6 nitrogen and oxygen atoms in total. The van der Waals surface area contributed by atoms with Crippen molar-refractivity contribution in [3.8, 4) is 5.75 Å². The number of hydrogen-bond donors (Lipinski definition) is 1. The minimum absolute atomic E-state index is 0.0505. The SMILES string of the molecule is CC(C)N(C)C(=O)c1ccc(CNS(=O)(=O)c2ccccc2OC(F)F)cc1. The molecule has 0 saturated carbocycles. The lowest BCUT2D eigenvalue weighted by Crippen LogP contribution is -2.32. The Morgan fingerprint density at radius 2 is 1.71 bits per heavy atom. The summed E-state index contributed by atoms with van der Waals surface area (Å²) in [6.45, 7) is 0.595. The molecule has 0 aliphatic heterocycles. The molecule has 28 heavy (non-hydrogen) atoms. The maximum atomic E-state index is 12.5. The zero-order chi connectivity index (χ0) is 20.9. The third-order valence-corrected chi connectivity index (χ3v) is 5.56. The Balaban J connectivity index is 2.11. The molecule has 0 unspecified atom stereocenters. The van der Waals surface area contributed by atoms with Crippen LogP contribution in [0, 0.1) is 0 Å². The van der Waals surface area contributed by atoms with Gasteiger partial charge in [-0.1, -0.05) is 24.3 Å². The molecular weight excluding hydrogens is 390 g/mol. The molecule has 1 N–H and O–H groups in total. The van der Waals surface area contributed by atoms with Crippen LogP contribution >= 0.6 is 0 Å². The van der Waals surface area contributed by atoms with Gasteiger partial charge in [-0.2, -0.15) is 8.78 Å². The number of hydrogen-bond acceptors (Lipinski definition) is 4. The van der Waals surface area contributed by atoms with Gasteiger partial charge < -0.3 is 9.64 Å². The fraction of sp³-hybridized carbons (Fsp3) is 0.316. The number of nitrogens with one attached hydrogen (secondary N) is 1. The molecule has 0 spiro atoms. The predicted octanol–water partition coefficient (Wildman–Crippen LogP) is 3.25. The van der Waals surface area contributed by atoms with E-state index in [4.69, 9.17) is 0 Å². The van der Waals surface area contributed by atoms with Gasteiger partial charge in [-0.3, -0.25) is 4.79 Å². The maximum Gasteiger partial charge on any atom is 0.387 e. The molecule has 0 aromatic heterocycles. The van der Waals surface area contributed by atoms with Crippen molar-refractivity contribution >= 4 is 15.9 Å². The minimum Gasteiger partial charge on any atom is -0.433 e. The van der Waals surface area contributed by atoms with Gasteiger partial charge in [-0.25, -0.2) is 13.1 Å². The summed E-state index contributed by atoms with van der Waals surface area (Å²) in [4.78, 5) is 13.5. The number of benzene rings is 2. The van der Waals surface area contributed by atoms with Gasteiger partial charge in [0.15, 0.2) is 0 Å². The summed E-state index contributed by atoms with van der Waals surface area (Å²) in [6, 6.07) is 11.7. The van der Waals surface area contributed by atoms with Crippen molar-refractivity contribution in [2.24, 2.45) is 0 Å². The molecule has 0 radical (unpaired) electrons. The van der Waals surface area contributed by atoms with Crippen LogP contribution in [-0.2, 0) is 16.6 Å². The maximum absolute atomic E-state index is 12.5. The second kappa shape index (κ2) is 9.11. The van der Waals surface area contributed by atoms with Crippen LogP contribution in [0.2, 0.25) is 0 Å². The first-order chi connectivity index (χ1) is 13.1. The summed E-state index contributed by atoms with van der Waals surface area (Å²) in [5.41, 5.74) is 1.10. The van der Waals surface area contributed by atoms with Gasteiger partial charge in [0.25, 0.3) is 5.91 Å². The van der Waals surface area contributed by atoms with Crippen molar-refractivity contribution < 1.29 is 26.7 Å². The van der Waals surface area contributed by atoms with Crippen LogP contribution < -0.4 is 9.46 Å². The zero-order valence-electron chi connectivity index (χ0n) is 15.7. The van der Waals surface area contributed by atoms with E-state index in [1.165, 1.54) is 18.2 Å². The lowest BCUT2D eigenvalue weighted by Gasteiger charge is -2.21. The highest BCUT2D eigenvalue weighted by Gasteiger charge is 2.21. The number of halogens is 2. The lowest BCUT2D eigenvalue weighted by atomic mass is 10.1. The average molecular weight is 412 g/mol. The Morgan fingerprint density at radius 1 is 1.11 bits per heavy atom. The van der Waals surface area contributed by atoms with Gasteiger partial charge in [0.2, 0.25) is 10.0 Å². The van der Waals surface area contributed by atoms with Gasteiger partial charge in [0, 0.05) is 25.2 Å². The molecule has 1 amide bonds. The second-order valence-electron chi connectivity index (χ2n) is 6.36. The summed E-state index contributed by atoms with van der Waals surface area (Å²) < 4.78 is 56.5. The van der Waals surface area contributed by atoms with Crippen molar-refractivity contribution in [2.45, 2.75) is 37.9 Å². The molecule has 0 saturated heterocycles. The molecule has 0 aliphatic rings. The van der Waals surface area contributed by atoms with E-state index in [-0.39, 0.29) is 23.4 Å². The third-order valence-electron chi connectivity index (χ3n) is 4.12. The standard InChI is InChI=1S/C19H22F2N2O4S/c1-13(2)23(3)18(24)15-10-8-14(9-11-15)12-22-28(25,26)17-7-5-4-6-16(17)27-19(20)21/h4-11,13,19,22H,12H2,1-3H3. The van der Waals surface area contributed by atoms with Gasteiger partial charge in [0.05, 0.1) is 0 Å². The number of carbonyl (C=O) groups is 1. The molecule has 0 aliphatic carbocycles. The first kappa shape index (κ1) is 21.8. The Labute approximate surface area is 163 Å². The Hall–Kier alpha value is -2.52. The quantitative estimate of drug-likeness (QED) is 0.722. The molecule has 0 fully saturated rings. The summed E-state index contributed by atoms with van der Waals surface area (Å²) in [5.74, 6) is -0.567. The van der Waals surface area contributed by atoms with E-state index >= 15 is 0 Å². The van der Waals surface area contributed by atoms with Crippen LogP contribution in [0.5, 0.6) is 5.75 Å². The number of rotatable bonds is 8. The highest BCUT2D eigenvalue weighted by Crippen LogP contribution is 2.25. The Bertz CT molecular complexity index is 916. The molecule has 0 atom stereocenters. The molecule has 2 aromatic carbocycles. The van der Waals surface area contributed by atoms with Crippen molar-refractivity contribution in [1.29, 1.82) is 0 Å². The minimum atomic E-state index is -4.07. The first-order valence-corrected chi connectivity index (χ1v) is 9.99. The average Bonchev–Trinajstić information content (AvgIpc) is 2.65. The van der Waals surface area contributed by atoms with Crippen LogP contribution in [0.1, 0.15) is 29.8 Å². The van der Waals surface area contributed by atoms with Crippen LogP contribution in [0.4, 0.5) is 8.78 Å². The number of para-hydroxylation sites is 1. The number of ether oxygens (including phenoxy) is 1. The van der Waals surface area contributed by atoms with Crippen molar-refractivity contribution in [1.82, 2.24) is 9.62 Å². The van der Waals surface area contributed by atoms with Gasteiger partial charge in [-0.05, 0) is 43.7 Å².